The Bertz CT molecular complexity index is 969. The van der Waals surface area contributed by atoms with Gasteiger partial charge in [-0.2, -0.15) is 0 Å². The number of pyridine rings is 1. The maximum atomic E-state index is 13.4. The van der Waals surface area contributed by atoms with Crippen LogP contribution in [0.4, 0.5) is 10.1 Å². The molecule has 120 valence electrons. The highest BCUT2D eigenvalue weighted by Gasteiger charge is 2.08. The van der Waals surface area contributed by atoms with E-state index >= 15 is 0 Å². The second kappa shape index (κ2) is 6.80. The van der Waals surface area contributed by atoms with E-state index in [1.807, 2.05) is 6.07 Å². The summed E-state index contributed by atoms with van der Waals surface area (Å²) in [6, 6.07) is 15.5. The fraction of sp³-hybridized carbons (Fsp3) is 0. The van der Waals surface area contributed by atoms with Crippen LogP contribution in [0.15, 0.2) is 76.1 Å². The molecule has 1 heterocycles. The summed E-state index contributed by atoms with van der Waals surface area (Å²) in [5.74, 6) is -0.747. The molecule has 0 unspecified atom stereocenters. The summed E-state index contributed by atoms with van der Waals surface area (Å²) in [4.78, 5) is 24.3. The van der Waals surface area contributed by atoms with Gasteiger partial charge in [-0.05, 0) is 42.5 Å². The number of hydrogen-bond acceptors (Lipinski definition) is 2. The first-order valence-corrected chi connectivity index (χ1v) is 7.88. The van der Waals surface area contributed by atoms with Gasteiger partial charge >= 0.3 is 0 Å². The number of rotatable bonds is 3. The monoisotopic (exact) mass is 386 g/mol. The second-order valence-electron chi connectivity index (χ2n) is 5.07. The van der Waals surface area contributed by atoms with E-state index in [2.05, 4.69) is 21.2 Å². The predicted molar refractivity (Wildman–Crippen MR) is 94.1 cm³/mol. The quantitative estimate of drug-likeness (QED) is 0.739. The number of hydrogen-bond donors (Lipinski definition) is 1. The zero-order valence-corrected chi connectivity index (χ0v) is 14.0. The standard InChI is InChI=1S/C18H12BrFN2O2/c19-13-4-1-3-12(9-13)18(24)21-15-7-8-17(23)22(11-15)16-6-2-5-14(20)10-16/h1-11H,(H,21,24). The van der Waals surface area contributed by atoms with Crippen LogP contribution in [0, 0.1) is 5.82 Å². The summed E-state index contributed by atoms with van der Waals surface area (Å²) in [7, 11) is 0. The maximum Gasteiger partial charge on any atom is 0.255 e. The lowest BCUT2D eigenvalue weighted by Gasteiger charge is -2.10. The van der Waals surface area contributed by atoms with E-state index in [0.29, 0.717) is 16.9 Å². The van der Waals surface area contributed by atoms with Crippen molar-refractivity contribution in [2.24, 2.45) is 0 Å². The van der Waals surface area contributed by atoms with Crippen molar-refractivity contribution in [1.29, 1.82) is 0 Å². The third-order valence-corrected chi connectivity index (χ3v) is 3.84. The Kier molecular flexibility index (Phi) is 4.57. The molecule has 0 bridgehead atoms. The van der Waals surface area contributed by atoms with Gasteiger partial charge < -0.3 is 5.32 Å². The number of aromatic nitrogens is 1. The lowest BCUT2D eigenvalue weighted by molar-refractivity contribution is 0.102. The predicted octanol–water partition coefficient (Wildman–Crippen LogP) is 3.99. The van der Waals surface area contributed by atoms with Gasteiger partial charge in [0.05, 0.1) is 11.4 Å². The van der Waals surface area contributed by atoms with Crippen LogP contribution in [-0.4, -0.2) is 10.5 Å². The summed E-state index contributed by atoms with van der Waals surface area (Å²) in [5, 5.41) is 2.72. The van der Waals surface area contributed by atoms with Crippen molar-refractivity contribution in [2.45, 2.75) is 0 Å². The lowest BCUT2D eigenvalue weighted by Crippen LogP contribution is -2.19. The topological polar surface area (TPSA) is 51.1 Å². The van der Waals surface area contributed by atoms with E-state index in [1.54, 1.807) is 24.3 Å². The van der Waals surface area contributed by atoms with Crippen molar-refractivity contribution in [3.05, 3.63) is 93.1 Å². The average molecular weight is 387 g/mol. The zero-order chi connectivity index (χ0) is 17.1. The van der Waals surface area contributed by atoms with Gasteiger partial charge in [-0.3, -0.25) is 14.2 Å². The maximum absolute atomic E-state index is 13.4. The first-order valence-electron chi connectivity index (χ1n) is 7.08. The van der Waals surface area contributed by atoms with Crippen LogP contribution >= 0.6 is 15.9 Å². The first-order chi connectivity index (χ1) is 11.5. The average Bonchev–Trinajstić information content (AvgIpc) is 2.56. The molecule has 0 saturated heterocycles. The molecule has 1 aromatic heterocycles. The highest BCUT2D eigenvalue weighted by atomic mass is 79.9. The molecule has 3 aromatic rings. The largest absolute Gasteiger partial charge is 0.321 e. The normalized spacial score (nSPS) is 10.4. The minimum atomic E-state index is -0.442. The molecule has 0 radical (unpaired) electrons. The molecule has 3 rings (SSSR count). The molecule has 2 aromatic carbocycles. The van der Waals surface area contributed by atoms with E-state index < -0.39 is 5.82 Å². The Hall–Kier alpha value is -2.73. The van der Waals surface area contributed by atoms with Gasteiger partial charge in [-0.25, -0.2) is 4.39 Å². The Morgan fingerprint density at radius 3 is 2.58 bits per heavy atom. The number of anilines is 1. The Balaban J connectivity index is 1.91. The Morgan fingerprint density at radius 1 is 1.04 bits per heavy atom. The molecule has 0 spiro atoms. The van der Waals surface area contributed by atoms with E-state index in [0.717, 1.165) is 4.47 Å². The van der Waals surface area contributed by atoms with Gasteiger partial charge in [-0.15, -0.1) is 0 Å². The molecule has 6 heteroatoms. The number of nitrogens with one attached hydrogen (secondary N) is 1. The minimum absolute atomic E-state index is 0.305. The molecule has 1 amide bonds. The van der Waals surface area contributed by atoms with Crippen LogP contribution in [0.3, 0.4) is 0 Å². The van der Waals surface area contributed by atoms with Gasteiger partial charge in [0.15, 0.2) is 0 Å². The molecule has 0 aliphatic rings. The van der Waals surface area contributed by atoms with E-state index in [1.165, 1.54) is 41.1 Å². The molecular formula is C18H12BrFN2O2. The highest BCUT2D eigenvalue weighted by Crippen LogP contribution is 2.15. The van der Waals surface area contributed by atoms with Crippen molar-refractivity contribution in [3.63, 3.8) is 0 Å². The number of amides is 1. The van der Waals surface area contributed by atoms with Crippen LogP contribution in [0.2, 0.25) is 0 Å². The number of halogens is 2. The fourth-order valence-electron chi connectivity index (χ4n) is 2.22. The van der Waals surface area contributed by atoms with Crippen molar-refractivity contribution < 1.29 is 9.18 Å². The molecule has 0 fully saturated rings. The molecule has 1 N–H and O–H groups in total. The van der Waals surface area contributed by atoms with Crippen molar-refractivity contribution in [1.82, 2.24) is 4.57 Å². The molecule has 0 aliphatic carbocycles. The van der Waals surface area contributed by atoms with Crippen molar-refractivity contribution in [2.75, 3.05) is 5.32 Å². The van der Waals surface area contributed by atoms with Gasteiger partial charge in [-0.1, -0.05) is 28.1 Å². The van der Waals surface area contributed by atoms with Crippen LogP contribution in [0.1, 0.15) is 10.4 Å². The smallest absolute Gasteiger partial charge is 0.255 e. The summed E-state index contributed by atoms with van der Waals surface area (Å²) in [6.45, 7) is 0. The molecule has 24 heavy (non-hydrogen) atoms. The lowest BCUT2D eigenvalue weighted by atomic mass is 10.2. The van der Waals surface area contributed by atoms with Gasteiger partial charge in [0, 0.05) is 22.3 Å². The summed E-state index contributed by atoms with van der Waals surface area (Å²) < 4.78 is 15.4. The van der Waals surface area contributed by atoms with Crippen LogP contribution in [0.5, 0.6) is 0 Å². The third-order valence-electron chi connectivity index (χ3n) is 3.34. The highest BCUT2D eigenvalue weighted by molar-refractivity contribution is 9.10. The number of carbonyl (C=O) groups is 1. The summed E-state index contributed by atoms with van der Waals surface area (Å²) >= 11 is 3.31. The SMILES string of the molecule is O=C(Nc1ccc(=O)n(-c2cccc(F)c2)c1)c1cccc(Br)c1. The van der Waals surface area contributed by atoms with Crippen molar-refractivity contribution in [3.8, 4) is 5.69 Å². The fourth-order valence-corrected chi connectivity index (χ4v) is 2.62. The first kappa shape index (κ1) is 16.1. The molecule has 0 saturated carbocycles. The second-order valence-corrected chi connectivity index (χ2v) is 5.99. The van der Waals surface area contributed by atoms with E-state index in [9.17, 15) is 14.0 Å². The van der Waals surface area contributed by atoms with E-state index in [4.69, 9.17) is 0 Å². The summed E-state index contributed by atoms with van der Waals surface area (Å²) in [6.07, 6.45) is 1.47. The van der Waals surface area contributed by atoms with Gasteiger partial charge in [0.2, 0.25) is 0 Å². The molecule has 4 nitrogen and oxygen atoms in total. The summed E-state index contributed by atoms with van der Waals surface area (Å²) in [5.41, 5.74) is 0.983. The number of carbonyl (C=O) groups excluding carboxylic acids is 1. The van der Waals surface area contributed by atoms with Gasteiger partial charge in [0.1, 0.15) is 5.82 Å². The van der Waals surface area contributed by atoms with Gasteiger partial charge in [0.25, 0.3) is 11.5 Å². The Morgan fingerprint density at radius 2 is 1.83 bits per heavy atom. The third kappa shape index (κ3) is 3.60. The van der Waals surface area contributed by atoms with E-state index in [-0.39, 0.29) is 11.5 Å². The van der Waals surface area contributed by atoms with Crippen LogP contribution in [-0.2, 0) is 0 Å². The van der Waals surface area contributed by atoms with Crippen molar-refractivity contribution >= 4 is 27.5 Å². The minimum Gasteiger partial charge on any atom is -0.321 e. The Labute approximate surface area is 145 Å². The molecule has 0 aliphatic heterocycles. The number of nitrogens with zero attached hydrogens (tertiary/aromatic N) is 1. The molecule has 0 atom stereocenters. The molecular weight excluding hydrogens is 375 g/mol. The zero-order valence-electron chi connectivity index (χ0n) is 12.4. The number of benzene rings is 2. The van der Waals surface area contributed by atoms with Crippen LogP contribution in [0.25, 0.3) is 5.69 Å². The van der Waals surface area contributed by atoms with Crippen LogP contribution < -0.4 is 10.9 Å².